The molecule has 4 heteroatoms. The lowest BCUT2D eigenvalue weighted by Crippen LogP contribution is -2.31. The number of fused-ring (bicyclic) bond motifs is 4. The van der Waals surface area contributed by atoms with Crippen LogP contribution in [0.15, 0.2) is 55.2 Å². The number of hydrogen-bond acceptors (Lipinski definition) is 3. The SMILES string of the molecule is Oc1ccc2c(c1)OC=CC21C=CCn2cncc21. The van der Waals surface area contributed by atoms with E-state index in [1.807, 2.05) is 24.7 Å². The van der Waals surface area contributed by atoms with E-state index >= 15 is 0 Å². The van der Waals surface area contributed by atoms with Gasteiger partial charge in [0.1, 0.15) is 11.5 Å². The molecule has 1 aromatic heterocycles. The topological polar surface area (TPSA) is 47.3 Å². The van der Waals surface area contributed by atoms with Crippen LogP contribution in [0.4, 0.5) is 0 Å². The standard InChI is InChI=1S/C15H12N2O2/c18-11-2-3-12-13(8-11)19-7-5-15(12)4-1-6-17-10-16-9-14(15)17/h1-5,7-10,18H,6H2. The summed E-state index contributed by atoms with van der Waals surface area (Å²) in [5, 5.41) is 9.59. The number of rotatable bonds is 0. The third-order valence-electron chi connectivity index (χ3n) is 3.76. The van der Waals surface area contributed by atoms with E-state index in [-0.39, 0.29) is 11.2 Å². The Kier molecular flexibility index (Phi) is 1.93. The third-order valence-corrected chi connectivity index (χ3v) is 3.76. The summed E-state index contributed by atoms with van der Waals surface area (Å²) >= 11 is 0. The highest BCUT2D eigenvalue weighted by atomic mass is 16.5. The molecule has 0 amide bonds. The van der Waals surface area contributed by atoms with Crippen molar-refractivity contribution in [2.45, 2.75) is 12.0 Å². The molecule has 0 fully saturated rings. The summed E-state index contributed by atoms with van der Waals surface area (Å²) in [4.78, 5) is 4.24. The number of aromatic nitrogens is 2. The van der Waals surface area contributed by atoms with Crippen molar-refractivity contribution >= 4 is 0 Å². The fourth-order valence-electron chi connectivity index (χ4n) is 2.87. The summed E-state index contributed by atoms with van der Waals surface area (Å²) in [5.74, 6) is 0.888. The molecule has 1 aromatic carbocycles. The number of ether oxygens (including phenoxy) is 1. The lowest BCUT2D eigenvalue weighted by atomic mass is 9.75. The number of allylic oxidation sites excluding steroid dienone is 3. The first-order valence-corrected chi connectivity index (χ1v) is 6.16. The zero-order valence-electron chi connectivity index (χ0n) is 10.2. The Hall–Kier alpha value is -2.49. The third kappa shape index (κ3) is 1.31. The highest BCUT2D eigenvalue weighted by Crippen LogP contribution is 2.45. The second-order valence-electron chi connectivity index (χ2n) is 4.80. The molecule has 0 radical (unpaired) electrons. The highest BCUT2D eigenvalue weighted by molar-refractivity contribution is 5.57. The van der Waals surface area contributed by atoms with Crippen LogP contribution in [0.2, 0.25) is 0 Å². The first-order chi connectivity index (χ1) is 9.29. The van der Waals surface area contributed by atoms with Crippen LogP contribution in [0.5, 0.6) is 11.5 Å². The lowest BCUT2D eigenvalue weighted by Gasteiger charge is -2.35. The van der Waals surface area contributed by atoms with E-state index in [4.69, 9.17) is 4.74 Å². The number of aromatic hydroxyl groups is 1. The van der Waals surface area contributed by atoms with Crippen LogP contribution in [0.1, 0.15) is 11.3 Å². The minimum Gasteiger partial charge on any atom is -0.508 e. The second-order valence-corrected chi connectivity index (χ2v) is 4.80. The van der Waals surface area contributed by atoms with E-state index in [2.05, 4.69) is 21.7 Å². The van der Waals surface area contributed by atoms with Gasteiger partial charge in [-0.15, -0.1) is 0 Å². The molecule has 0 saturated heterocycles. The van der Waals surface area contributed by atoms with E-state index in [0.717, 1.165) is 17.8 Å². The van der Waals surface area contributed by atoms with Crippen molar-refractivity contribution in [2.75, 3.05) is 0 Å². The van der Waals surface area contributed by atoms with Crippen LogP contribution in [-0.4, -0.2) is 14.7 Å². The van der Waals surface area contributed by atoms with Gasteiger partial charge >= 0.3 is 0 Å². The fraction of sp³-hybridized carbons (Fsp3) is 0.133. The molecule has 4 rings (SSSR count). The summed E-state index contributed by atoms with van der Waals surface area (Å²) in [6, 6.07) is 5.23. The second kappa shape index (κ2) is 3.51. The van der Waals surface area contributed by atoms with Gasteiger partial charge < -0.3 is 14.4 Å². The predicted octanol–water partition coefficient (Wildman–Crippen LogP) is 2.35. The smallest absolute Gasteiger partial charge is 0.134 e. The van der Waals surface area contributed by atoms with Gasteiger partial charge in [-0.05, 0) is 12.1 Å². The predicted molar refractivity (Wildman–Crippen MR) is 70.0 cm³/mol. The Bertz CT molecular complexity index is 715. The summed E-state index contributed by atoms with van der Waals surface area (Å²) in [7, 11) is 0. The molecule has 2 aliphatic rings. The van der Waals surface area contributed by atoms with Gasteiger partial charge in [0.25, 0.3) is 0 Å². The molecule has 4 nitrogen and oxygen atoms in total. The average molecular weight is 252 g/mol. The largest absolute Gasteiger partial charge is 0.508 e. The molecule has 3 heterocycles. The van der Waals surface area contributed by atoms with E-state index in [0.29, 0.717) is 5.75 Å². The van der Waals surface area contributed by atoms with Gasteiger partial charge in [0.05, 0.1) is 23.7 Å². The van der Waals surface area contributed by atoms with Gasteiger partial charge in [0, 0.05) is 24.4 Å². The highest BCUT2D eigenvalue weighted by Gasteiger charge is 2.38. The van der Waals surface area contributed by atoms with Crippen LogP contribution in [-0.2, 0) is 12.0 Å². The van der Waals surface area contributed by atoms with Gasteiger partial charge in [-0.25, -0.2) is 4.98 Å². The summed E-state index contributed by atoms with van der Waals surface area (Å²) in [6.45, 7) is 0.833. The summed E-state index contributed by atoms with van der Waals surface area (Å²) in [6.07, 6.45) is 11.7. The van der Waals surface area contributed by atoms with Crippen molar-refractivity contribution in [3.8, 4) is 11.5 Å². The summed E-state index contributed by atoms with van der Waals surface area (Å²) in [5.41, 5.74) is 1.78. The molecule has 0 saturated carbocycles. The van der Waals surface area contributed by atoms with Crippen molar-refractivity contribution in [2.24, 2.45) is 0 Å². The Morgan fingerprint density at radius 3 is 3.21 bits per heavy atom. The molecule has 1 spiro atoms. The zero-order valence-corrected chi connectivity index (χ0v) is 10.2. The molecular weight excluding hydrogens is 240 g/mol. The van der Waals surface area contributed by atoms with Crippen molar-refractivity contribution in [3.05, 3.63) is 66.5 Å². The molecule has 1 N–H and O–H groups in total. The van der Waals surface area contributed by atoms with Crippen LogP contribution >= 0.6 is 0 Å². The molecule has 19 heavy (non-hydrogen) atoms. The van der Waals surface area contributed by atoms with Gasteiger partial charge in [-0.2, -0.15) is 0 Å². The summed E-state index contributed by atoms with van der Waals surface area (Å²) < 4.78 is 7.64. The maximum absolute atomic E-state index is 9.59. The molecule has 2 aromatic rings. The molecule has 94 valence electrons. The molecule has 1 unspecified atom stereocenters. The maximum atomic E-state index is 9.59. The Labute approximate surface area is 110 Å². The first kappa shape index (κ1) is 10.4. The van der Waals surface area contributed by atoms with Crippen LogP contribution in [0.25, 0.3) is 0 Å². The Morgan fingerprint density at radius 1 is 1.32 bits per heavy atom. The molecular formula is C15H12N2O2. The van der Waals surface area contributed by atoms with E-state index in [1.54, 1.807) is 18.4 Å². The molecule has 1 atom stereocenters. The number of phenolic OH excluding ortho intramolecular Hbond substituents is 1. The van der Waals surface area contributed by atoms with Crippen molar-refractivity contribution in [3.63, 3.8) is 0 Å². The van der Waals surface area contributed by atoms with E-state index < -0.39 is 0 Å². The van der Waals surface area contributed by atoms with Gasteiger partial charge in [0.15, 0.2) is 0 Å². The fourth-order valence-corrected chi connectivity index (χ4v) is 2.87. The molecule has 2 aliphatic heterocycles. The van der Waals surface area contributed by atoms with Crippen molar-refractivity contribution in [1.82, 2.24) is 9.55 Å². The number of imidazole rings is 1. The normalized spacial score (nSPS) is 22.9. The maximum Gasteiger partial charge on any atom is 0.134 e. The minimum atomic E-state index is -0.351. The number of nitrogens with zero attached hydrogens (tertiary/aromatic N) is 2. The van der Waals surface area contributed by atoms with Crippen LogP contribution in [0.3, 0.4) is 0 Å². The van der Waals surface area contributed by atoms with E-state index in [9.17, 15) is 5.11 Å². The van der Waals surface area contributed by atoms with Gasteiger partial charge in [-0.1, -0.05) is 18.2 Å². The van der Waals surface area contributed by atoms with Crippen molar-refractivity contribution in [1.29, 1.82) is 0 Å². The Morgan fingerprint density at radius 2 is 2.26 bits per heavy atom. The zero-order chi connectivity index (χ0) is 12.9. The van der Waals surface area contributed by atoms with Crippen LogP contribution < -0.4 is 4.74 Å². The number of hydrogen-bond donors (Lipinski definition) is 1. The van der Waals surface area contributed by atoms with E-state index in [1.165, 1.54) is 0 Å². The number of benzene rings is 1. The quantitative estimate of drug-likeness (QED) is 0.732. The van der Waals surface area contributed by atoms with Gasteiger partial charge in [-0.3, -0.25) is 0 Å². The monoisotopic (exact) mass is 252 g/mol. The minimum absolute atomic E-state index is 0.206. The number of phenols is 1. The van der Waals surface area contributed by atoms with Crippen LogP contribution in [0, 0.1) is 0 Å². The molecule has 0 bridgehead atoms. The van der Waals surface area contributed by atoms with Gasteiger partial charge in [0.2, 0.25) is 0 Å². The first-order valence-electron chi connectivity index (χ1n) is 6.16. The Balaban J connectivity index is 2.02. The molecule has 0 aliphatic carbocycles. The van der Waals surface area contributed by atoms with Crippen molar-refractivity contribution < 1.29 is 9.84 Å². The lowest BCUT2D eigenvalue weighted by molar-refractivity contribution is 0.427. The average Bonchev–Trinajstić information content (AvgIpc) is 2.89.